The number of nitrogens with zero attached hydrogens (tertiary/aromatic N) is 1. The van der Waals surface area contributed by atoms with Gasteiger partial charge in [-0.15, -0.1) is 0 Å². The van der Waals surface area contributed by atoms with Gasteiger partial charge in [-0.2, -0.15) is 0 Å². The maximum absolute atomic E-state index is 9.86. The van der Waals surface area contributed by atoms with E-state index in [2.05, 4.69) is 4.90 Å². The summed E-state index contributed by atoms with van der Waals surface area (Å²) in [5, 5.41) is 9.86. The van der Waals surface area contributed by atoms with Gasteiger partial charge < -0.3 is 14.7 Å². The monoisotopic (exact) mass is 255 g/mol. The molecule has 0 aromatic heterocycles. The van der Waals surface area contributed by atoms with Crippen LogP contribution >= 0.6 is 0 Å². The van der Waals surface area contributed by atoms with Gasteiger partial charge in [-0.1, -0.05) is 25.7 Å². The lowest BCUT2D eigenvalue weighted by molar-refractivity contribution is -0.00314. The Balaban J connectivity index is 1.91. The summed E-state index contributed by atoms with van der Waals surface area (Å²) in [7, 11) is 1.82. The highest BCUT2D eigenvalue weighted by Crippen LogP contribution is 2.36. The van der Waals surface area contributed by atoms with Crippen LogP contribution in [0.15, 0.2) is 0 Å². The number of ether oxygens (including phenoxy) is 1. The molecule has 1 unspecified atom stereocenters. The lowest BCUT2D eigenvalue weighted by atomic mass is 9.80. The maximum Gasteiger partial charge on any atom is 0.0698 e. The number of hydrogen-bond acceptors (Lipinski definition) is 3. The van der Waals surface area contributed by atoms with E-state index in [4.69, 9.17) is 4.74 Å². The Morgan fingerprint density at radius 3 is 2.50 bits per heavy atom. The molecule has 2 aliphatic rings. The fourth-order valence-electron chi connectivity index (χ4n) is 3.67. The molecular formula is C15H29NO2. The van der Waals surface area contributed by atoms with Crippen LogP contribution in [0.2, 0.25) is 0 Å². The average molecular weight is 255 g/mol. The van der Waals surface area contributed by atoms with Crippen LogP contribution in [0.4, 0.5) is 0 Å². The summed E-state index contributed by atoms with van der Waals surface area (Å²) in [5.41, 5.74) is 0.173. The second kappa shape index (κ2) is 6.88. The second-order valence-electron chi connectivity index (χ2n) is 6.31. The highest BCUT2D eigenvalue weighted by molar-refractivity contribution is 4.86. The molecule has 0 aromatic rings. The van der Waals surface area contributed by atoms with Crippen molar-refractivity contribution in [1.29, 1.82) is 0 Å². The van der Waals surface area contributed by atoms with Gasteiger partial charge in [0.25, 0.3) is 0 Å². The lowest BCUT2D eigenvalue weighted by Gasteiger charge is -2.40. The van der Waals surface area contributed by atoms with Crippen molar-refractivity contribution in [2.75, 3.05) is 33.4 Å². The van der Waals surface area contributed by atoms with Crippen LogP contribution in [0.5, 0.6) is 0 Å². The van der Waals surface area contributed by atoms with Crippen molar-refractivity contribution in [3.05, 3.63) is 0 Å². The van der Waals surface area contributed by atoms with Gasteiger partial charge in [-0.3, -0.25) is 0 Å². The first-order valence-corrected chi connectivity index (χ1v) is 7.64. The zero-order valence-corrected chi connectivity index (χ0v) is 11.9. The lowest BCUT2D eigenvalue weighted by Crippen LogP contribution is -2.46. The predicted octanol–water partition coefficient (Wildman–Crippen LogP) is 2.43. The van der Waals surface area contributed by atoms with Gasteiger partial charge in [0.1, 0.15) is 0 Å². The fraction of sp³-hybridized carbons (Fsp3) is 1.00. The summed E-state index contributed by atoms with van der Waals surface area (Å²) in [6.07, 6.45) is 10.5. The smallest absolute Gasteiger partial charge is 0.0698 e. The van der Waals surface area contributed by atoms with Crippen LogP contribution in [0, 0.1) is 5.41 Å². The third-order valence-electron chi connectivity index (χ3n) is 4.85. The number of hydrogen-bond donors (Lipinski definition) is 1. The first-order chi connectivity index (χ1) is 8.78. The van der Waals surface area contributed by atoms with Crippen LogP contribution < -0.4 is 0 Å². The first kappa shape index (κ1) is 14.3. The maximum atomic E-state index is 9.86. The van der Waals surface area contributed by atoms with Gasteiger partial charge in [-0.25, -0.2) is 0 Å². The van der Waals surface area contributed by atoms with Gasteiger partial charge in [-0.05, 0) is 32.2 Å². The Hall–Kier alpha value is -0.120. The topological polar surface area (TPSA) is 32.7 Å². The Kier molecular flexibility index (Phi) is 5.46. The van der Waals surface area contributed by atoms with Gasteiger partial charge in [0.2, 0.25) is 0 Å². The van der Waals surface area contributed by atoms with Crippen molar-refractivity contribution in [2.45, 2.75) is 57.5 Å². The minimum atomic E-state index is 0.173. The number of likely N-dealkylation sites (tertiary alicyclic amines) is 1. The highest BCUT2D eigenvalue weighted by atomic mass is 16.5. The molecule has 3 nitrogen and oxygen atoms in total. The molecule has 0 amide bonds. The quantitative estimate of drug-likeness (QED) is 0.783. The van der Waals surface area contributed by atoms with Crippen LogP contribution in [0.3, 0.4) is 0 Å². The molecule has 0 bridgehead atoms. The van der Waals surface area contributed by atoms with E-state index in [1.54, 1.807) is 0 Å². The molecule has 1 aliphatic heterocycles. The summed E-state index contributed by atoms with van der Waals surface area (Å²) in [4.78, 5) is 2.53. The van der Waals surface area contributed by atoms with Gasteiger partial charge in [0, 0.05) is 32.2 Å². The van der Waals surface area contributed by atoms with E-state index in [1.807, 2.05) is 7.11 Å². The van der Waals surface area contributed by atoms with E-state index in [0.717, 1.165) is 13.1 Å². The zero-order valence-electron chi connectivity index (χ0n) is 11.9. The zero-order chi connectivity index (χ0) is 12.8. The van der Waals surface area contributed by atoms with E-state index < -0.39 is 0 Å². The third-order valence-corrected chi connectivity index (χ3v) is 4.85. The number of piperidine rings is 1. The van der Waals surface area contributed by atoms with Crippen molar-refractivity contribution in [3.8, 4) is 0 Å². The fourth-order valence-corrected chi connectivity index (χ4v) is 3.67. The molecule has 106 valence electrons. The standard InChI is InChI=1S/C15H29NO2/c1-18-14-7-6-10-16(11-14)12-15(13-17)8-4-2-3-5-9-15/h14,17H,2-13H2,1H3. The summed E-state index contributed by atoms with van der Waals surface area (Å²) < 4.78 is 5.50. The molecule has 1 N–H and O–H groups in total. The molecule has 1 saturated carbocycles. The van der Waals surface area contributed by atoms with E-state index in [-0.39, 0.29) is 5.41 Å². The molecular weight excluding hydrogens is 226 g/mol. The summed E-state index contributed by atoms with van der Waals surface area (Å²) in [6.45, 7) is 3.67. The Labute approximate surface area is 112 Å². The molecule has 18 heavy (non-hydrogen) atoms. The van der Waals surface area contributed by atoms with Crippen molar-refractivity contribution < 1.29 is 9.84 Å². The largest absolute Gasteiger partial charge is 0.396 e. The van der Waals surface area contributed by atoms with Crippen LogP contribution in [0.1, 0.15) is 51.4 Å². The Bertz CT molecular complexity index is 237. The Morgan fingerprint density at radius 1 is 1.17 bits per heavy atom. The van der Waals surface area contributed by atoms with Crippen molar-refractivity contribution in [1.82, 2.24) is 4.90 Å². The number of aliphatic hydroxyl groups excluding tert-OH is 1. The minimum absolute atomic E-state index is 0.173. The normalized spacial score (nSPS) is 30.0. The molecule has 3 heteroatoms. The summed E-state index contributed by atoms with van der Waals surface area (Å²) in [6, 6.07) is 0. The third kappa shape index (κ3) is 3.69. The number of aliphatic hydroxyl groups is 1. The van der Waals surface area contributed by atoms with Crippen LogP contribution in [-0.2, 0) is 4.74 Å². The van der Waals surface area contributed by atoms with Gasteiger partial charge >= 0.3 is 0 Å². The second-order valence-corrected chi connectivity index (χ2v) is 6.31. The SMILES string of the molecule is COC1CCCN(CC2(CO)CCCCCC2)C1. The van der Waals surface area contributed by atoms with Crippen molar-refractivity contribution in [3.63, 3.8) is 0 Å². The van der Waals surface area contributed by atoms with Crippen molar-refractivity contribution >= 4 is 0 Å². The van der Waals surface area contributed by atoms with Crippen LogP contribution in [-0.4, -0.2) is 49.5 Å². The van der Waals surface area contributed by atoms with Gasteiger partial charge in [0.05, 0.1) is 6.10 Å². The van der Waals surface area contributed by atoms with E-state index in [9.17, 15) is 5.11 Å². The Morgan fingerprint density at radius 2 is 1.89 bits per heavy atom. The van der Waals surface area contributed by atoms with Crippen molar-refractivity contribution in [2.24, 2.45) is 5.41 Å². The molecule has 2 fully saturated rings. The number of methoxy groups -OCH3 is 1. The van der Waals surface area contributed by atoms with E-state index in [1.165, 1.54) is 57.9 Å². The molecule has 0 radical (unpaired) electrons. The molecule has 2 rings (SSSR count). The molecule has 1 aliphatic carbocycles. The molecule has 1 saturated heterocycles. The first-order valence-electron chi connectivity index (χ1n) is 7.64. The highest BCUT2D eigenvalue weighted by Gasteiger charge is 2.33. The van der Waals surface area contributed by atoms with E-state index >= 15 is 0 Å². The number of rotatable bonds is 4. The predicted molar refractivity (Wildman–Crippen MR) is 73.7 cm³/mol. The average Bonchev–Trinajstić information content (AvgIpc) is 2.65. The van der Waals surface area contributed by atoms with E-state index in [0.29, 0.717) is 12.7 Å². The summed E-state index contributed by atoms with van der Waals surface area (Å²) in [5.74, 6) is 0. The molecule has 0 aromatic carbocycles. The molecule has 1 heterocycles. The molecule has 1 atom stereocenters. The summed E-state index contributed by atoms with van der Waals surface area (Å²) >= 11 is 0. The molecule has 0 spiro atoms. The van der Waals surface area contributed by atoms with Crippen LogP contribution in [0.25, 0.3) is 0 Å². The minimum Gasteiger partial charge on any atom is -0.396 e. The van der Waals surface area contributed by atoms with Gasteiger partial charge in [0.15, 0.2) is 0 Å².